The molecule has 0 heterocycles. The van der Waals surface area contributed by atoms with E-state index in [1.807, 2.05) is 0 Å². The van der Waals surface area contributed by atoms with Gasteiger partial charge in [0.25, 0.3) is 0 Å². The Morgan fingerprint density at radius 3 is 1.11 bits per heavy atom. The highest BCUT2D eigenvalue weighted by Gasteiger charge is 2.19. The van der Waals surface area contributed by atoms with Crippen molar-refractivity contribution in [3.8, 4) is 0 Å². The molecule has 0 radical (unpaired) electrons. The maximum absolute atomic E-state index is 12.7. The molecule has 0 rings (SSSR count). The van der Waals surface area contributed by atoms with Gasteiger partial charge in [-0.3, -0.25) is 14.4 Å². The fraction of sp³-hybridized carbons (Fsp3) is 0.780. The Hall–Kier alpha value is -2.63. The predicted octanol–water partition coefficient (Wildman–Crippen LogP) is 15.1. The van der Waals surface area contributed by atoms with Gasteiger partial charge in [-0.05, 0) is 77.0 Å². The first-order chi connectivity index (χ1) is 27.5. The fourth-order valence-electron chi connectivity index (χ4n) is 6.51. The van der Waals surface area contributed by atoms with Crippen LogP contribution in [0.25, 0.3) is 0 Å². The maximum atomic E-state index is 12.7. The second kappa shape index (κ2) is 45.1. The summed E-state index contributed by atoms with van der Waals surface area (Å²) in [4.78, 5) is 37.5. The topological polar surface area (TPSA) is 78.9 Å². The van der Waals surface area contributed by atoms with Gasteiger partial charge >= 0.3 is 17.9 Å². The number of hydrogen-bond acceptors (Lipinski definition) is 6. The van der Waals surface area contributed by atoms with E-state index in [1.165, 1.54) is 89.9 Å². The van der Waals surface area contributed by atoms with Crippen molar-refractivity contribution in [2.45, 2.75) is 239 Å². The molecular weight excluding hydrogens is 697 g/mol. The Kier molecular flexibility index (Phi) is 43.0. The smallest absolute Gasteiger partial charge is 0.306 e. The summed E-state index contributed by atoms with van der Waals surface area (Å²) < 4.78 is 16.6. The largest absolute Gasteiger partial charge is 0.462 e. The summed E-state index contributed by atoms with van der Waals surface area (Å²) in [5, 5.41) is 0. The molecule has 0 spiro atoms. The molecule has 0 saturated heterocycles. The van der Waals surface area contributed by atoms with Crippen molar-refractivity contribution in [1.82, 2.24) is 0 Å². The van der Waals surface area contributed by atoms with E-state index >= 15 is 0 Å². The molecule has 0 aromatic rings. The molecule has 1 unspecified atom stereocenters. The highest BCUT2D eigenvalue weighted by Crippen LogP contribution is 2.14. The monoisotopic (exact) mass is 785 g/mol. The molecule has 0 N–H and O–H groups in total. The van der Waals surface area contributed by atoms with Crippen LogP contribution in [0.1, 0.15) is 233 Å². The number of hydrogen-bond donors (Lipinski definition) is 0. The molecular formula is C50H88O6. The second-order valence-corrected chi connectivity index (χ2v) is 15.6. The minimum absolute atomic E-state index is 0.0823. The molecule has 56 heavy (non-hydrogen) atoms. The Bertz CT molecular complexity index is 996. The lowest BCUT2D eigenvalue weighted by molar-refractivity contribution is -0.167. The third-order valence-corrected chi connectivity index (χ3v) is 10.1. The number of rotatable bonds is 42. The molecule has 0 aliphatic carbocycles. The average Bonchev–Trinajstić information content (AvgIpc) is 3.19. The molecule has 0 aliphatic rings. The third kappa shape index (κ3) is 42.5. The Labute approximate surface area is 346 Å². The van der Waals surface area contributed by atoms with E-state index in [-0.39, 0.29) is 31.1 Å². The fourth-order valence-corrected chi connectivity index (χ4v) is 6.51. The molecule has 1 atom stereocenters. The molecule has 0 saturated carbocycles. The molecule has 0 fully saturated rings. The zero-order chi connectivity index (χ0) is 40.8. The van der Waals surface area contributed by atoms with Gasteiger partial charge in [0, 0.05) is 19.3 Å². The van der Waals surface area contributed by atoms with Crippen LogP contribution < -0.4 is 0 Å². The van der Waals surface area contributed by atoms with Crippen molar-refractivity contribution in [3.05, 3.63) is 48.6 Å². The number of allylic oxidation sites excluding steroid dienone is 8. The van der Waals surface area contributed by atoms with Crippen LogP contribution in [-0.4, -0.2) is 37.2 Å². The van der Waals surface area contributed by atoms with Gasteiger partial charge in [-0.2, -0.15) is 0 Å². The summed E-state index contributed by atoms with van der Waals surface area (Å²) in [7, 11) is 0. The lowest BCUT2D eigenvalue weighted by Gasteiger charge is -2.18. The first-order valence-electron chi connectivity index (χ1n) is 23.6. The van der Waals surface area contributed by atoms with Crippen LogP contribution in [-0.2, 0) is 28.6 Å². The van der Waals surface area contributed by atoms with Gasteiger partial charge in [0.15, 0.2) is 6.10 Å². The standard InChI is InChI=1S/C50H88O6/c1-4-7-10-13-15-17-19-21-23-24-25-27-28-30-32-34-37-40-43-49(52)55-46-47(45-54-48(51)42-39-36-12-9-6-3)56-50(53)44-41-38-35-33-31-29-26-22-20-18-16-14-11-8-5-2/h8,11,16,18,22-24,26,47H,4-7,9-10,12-15,17,19-21,25,27-46H2,1-3H3/b11-8-,18-16-,24-23-,26-22-. The van der Waals surface area contributed by atoms with E-state index in [9.17, 15) is 14.4 Å². The number of carbonyl (C=O) groups excluding carboxylic acids is 3. The highest BCUT2D eigenvalue weighted by molar-refractivity contribution is 5.71. The van der Waals surface area contributed by atoms with E-state index in [0.29, 0.717) is 19.3 Å². The van der Waals surface area contributed by atoms with E-state index < -0.39 is 6.10 Å². The highest BCUT2D eigenvalue weighted by atomic mass is 16.6. The third-order valence-electron chi connectivity index (χ3n) is 10.1. The van der Waals surface area contributed by atoms with Crippen LogP contribution >= 0.6 is 0 Å². The van der Waals surface area contributed by atoms with E-state index in [1.54, 1.807) is 0 Å². The minimum Gasteiger partial charge on any atom is -0.462 e. The molecule has 6 heteroatoms. The lowest BCUT2D eigenvalue weighted by Crippen LogP contribution is -2.30. The normalized spacial score (nSPS) is 12.4. The van der Waals surface area contributed by atoms with Gasteiger partial charge in [-0.15, -0.1) is 0 Å². The Balaban J connectivity index is 4.22. The predicted molar refractivity (Wildman–Crippen MR) is 238 cm³/mol. The van der Waals surface area contributed by atoms with Crippen molar-refractivity contribution in [1.29, 1.82) is 0 Å². The first-order valence-corrected chi connectivity index (χ1v) is 23.6. The lowest BCUT2D eigenvalue weighted by atomic mass is 10.1. The Morgan fingerprint density at radius 2 is 0.696 bits per heavy atom. The number of unbranched alkanes of at least 4 members (excludes halogenated alkanes) is 23. The summed E-state index contributed by atoms with van der Waals surface area (Å²) in [5.74, 6) is -0.916. The van der Waals surface area contributed by atoms with Crippen molar-refractivity contribution < 1.29 is 28.6 Å². The van der Waals surface area contributed by atoms with Gasteiger partial charge in [-0.1, -0.05) is 185 Å². The van der Waals surface area contributed by atoms with Gasteiger partial charge in [0.2, 0.25) is 0 Å². The Morgan fingerprint density at radius 1 is 0.375 bits per heavy atom. The van der Waals surface area contributed by atoms with Crippen molar-refractivity contribution in [2.75, 3.05) is 13.2 Å². The average molecular weight is 785 g/mol. The molecule has 0 amide bonds. The van der Waals surface area contributed by atoms with E-state index in [2.05, 4.69) is 69.4 Å². The first kappa shape index (κ1) is 53.4. The van der Waals surface area contributed by atoms with Crippen molar-refractivity contribution in [2.24, 2.45) is 0 Å². The van der Waals surface area contributed by atoms with Gasteiger partial charge < -0.3 is 14.2 Å². The van der Waals surface area contributed by atoms with Crippen LogP contribution in [0.5, 0.6) is 0 Å². The van der Waals surface area contributed by atoms with Crippen LogP contribution in [0.4, 0.5) is 0 Å². The van der Waals surface area contributed by atoms with Crippen molar-refractivity contribution in [3.63, 3.8) is 0 Å². The summed E-state index contributed by atoms with van der Waals surface area (Å²) in [6, 6.07) is 0. The molecule has 6 nitrogen and oxygen atoms in total. The summed E-state index contributed by atoms with van der Waals surface area (Å²) in [6.45, 7) is 6.42. The number of esters is 3. The molecule has 324 valence electrons. The second-order valence-electron chi connectivity index (χ2n) is 15.6. The van der Waals surface area contributed by atoms with Crippen LogP contribution in [0.2, 0.25) is 0 Å². The zero-order valence-corrected chi connectivity index (χ0v) is 36.9. The summed E-state index contributed by atoms with van der Waals surface area (Å²) in [6.07, 6.45) is 52.7. The zero-order valence-electron chi connectivity index (χ0n) is 36.9. The van der Waals surface area contributed by atoms with E-state index in [0.717, 1.165) is 103 Å². The summed E-state index contributed by atoms with van der Waals surface area (Å²) >= 11 is 0. The number of ether oxygens (including phenoxy) is 3. The number of carbonyl (C=O) groups is 3. The molecule has 0 aromatic heterocycles. The van der Waals surface area contributed by atoms with Crippen LogP contribution in [0.3, 0.4) is 0 Å². The SMILES string of the molecule is CC/C=C\C/C=C\C/C=C\CCCCCCCC(=O)OC(COC(=O)CCCCCCC)COC(=O)CCCCCCCCC/C=C\CCCCCCCCC. The maximum Gasteiger partial charge on any atom is 0.306 e. The van der Waals surface area contributed by atoms with Gasteiger partial charge in [0.05, 0.1) is 0 Å². The van der Waals surface area contributed by atoms with Gasteiger partial charge in [0.1, 0.15) is 13.2 Å². The van der Waals surface area contributed by atoms with Crippen LogP contribution in [0, 0.1) is 0 Å². The molecule has 0 aliphatic heterocycles. The van der Waals surface area contributed by atoms with E-state index in [4.69, 9.17) is 14.2 Å². The van der Waals surface area contributed by atoms with Crippen LogP contribution in [0.15, 0.2) is 48.6 Å². The quantitative estimate of drug-likeness (QED) is 0.0265. The molecule has 0 aromatic carbocycles. The minimum atomic E-state index is -0.778. The van der Waals surface area contributed by atoms with Gasteiger partial charge in [-0.25, -0.2) is 0 Å². The molecule has 0 bridgehead atoms. The van der Waals surface area contributed by atoms with Crippen molar-refractivity contribution >= 4 is 17.9 Å². The summed E-state index contributed by atoms with van der Waals surface area (Å²) in [5.41, 5.74) is 0.